The van der Waals surface area contributed by atoms with E-state index in [2.05, 4.69) is 22.3 Å². The van der Waals surface area contributed by atoms with E-state index in [-0.39, 0.29) is 0 Å². The van der Waals surface area contributed by atoms with Crippen LogP contribution in [0.1, 0.15) is 47.8 Å². The van der Waals surface area contributed by atoms with Gasteiger partial charge in [-0.15, -0.1) is 0 Å². The van der Waals surface area contributed by atoms with Gasteiger partial charge in [0.2, 0.25) is 0 Å². The number of nitrogens with zero attached hydrogens (tertiary/aromatic N) is 3. The highest BCUT2D eigenvalue weighted by Gasteiger charge is 2.30. The Morgan fingerprint density at radius 1 is 1.50 bits per heavy atom. The Labute approximate surface area is 129 Å². The zero-order valence-corrected chi connectivity index (χ0v) is 13.4. The normalized spacial score (nSPS) is 12.8. The highest BCUT2D eigenvalue weighted by atomic mass is 16.5. The fourth-order valence-corrected chi connectivity index (χ4v) is 2.65. The van der Waals surface area contributed by atoms with E-state index in [1.165, 1.54) is 0 Å². The van der Waals surface area contributed by atoms with Gasteiger partial charge in [-0.3, -0.25) is 14.8 Å². The number of likely N-dealkylation sites (N-methyl/N-ethyl adjacent to an activating group) is 1. The van der Waals surface area contributed by atoms with Crippen LogP contribution in [-0.2, 0) is 17.8 Å². The molecule has 0 spiro atoms. The lowest BCUT2D eigenvalue weighted by Gasteiger charge is -2.23. The van der Waals surface area contributed by atoms with Crippen molar-refractivity contribution in [3.05, 3.63) is 34.5 Å². The smallest absolute Gasteiger partial charge is 0.325 e. The molecule has 1 atom stereocenters. The average molecular weight is 306 g/mol. The molecule has 0 aliphatic heterocycles. The monoisotopic (exact) mass is 306 g/mol. The summed E-state index contributed by atoms with van der Waals surface area (Å²) in [7, 11) is 1.77. The zero-order valence-electron chi connectivity index (χ0n) is 13.4. The predicted octanol–water partition coefficient (Wildman–Crippen LogP) is 2.22. The van der Waals surface area contributed by atoms with Gasteiger partial charge in [0, 0.05) is 17.8 Å². The van der Waals surface area contributed by atoms with Crippen molar-refractivity contribution in [2.75, 3.05) is 7.05 Å². The van der Waals surface area contributed by atoms with Crippen molar-refractivity contribution in [3.63, 3.8) is 0 Å². The molecular formula is C15H22N4O3. The molecule has 7 heteroatoms. The summed E-state index contributed by atoms with van der Waals surface area (Å²) in [4.78, 5) is 13.5. The Bertz CT molecular complexity index is 628. The minimum Gasteiger partial charge on any atom is -0.480 e. The van der Waals surface area contributed by atoms with Gasteiger partial charge in [0.25, 0.3) is 0 Å². The van der Waals surface area contributed by atoms with Crippen molar-refractivity contribution in [1.29, 1.82) is 0 Å². The van der Waals surface area contributed by atoms with Crippen LogP contribution in [0.4, 0.5) is 0 Å². The summed E-state index contributed by atoms with van der Waals surface area (Å²) >= 11 is 0. The number of nitrogens with one attached hydrogen (secondary N) is 1. The van der Waals surface area contributed by atoms with Crippen LogP contribution in [0.2, 0.25) is 0 Å². The summed E-state index contributed by atoms with van der Waals surface area (Å²) < 4.78 is 5.10. The number of aromatic amines is 1. The second-order valence-electron chi connectivity index (χ2n) is 5.53. The number of rotatable bonds is 7. The maximum atomic E-state index is 11.7. The second kappa shape index (κ2) is 6.74. The van der Waals surface area contributed by atoms with Gasteiger partial charge < -0.3 is 9.63 Å². The number of hydrogen-bond acceptors (Lipinski definition) is 5. The van der Waals surface area contributed by atoms with Gasteiger partial charge in [-0.1, -0.05) is 18.5 Å². The van der Waals surface area contributed by atoms with Crippen molar-refractivity contribution in [3.8, 4) is 0 Å². The molecule has 0 bridgehead atoms. The molecule has 2 heterocycles. The standard InChI is InChI=1S/C15H22N4O3/c1-5-6-11-7-12(17-16-11)8-19(4)14(15(20)21)13-9(2)18-22-10(13)3/h7,14H,5-6,8H2,1-4H3,(H,16,17)(H,20,21). The van der Waals surface area contributed by atoms with Crippen LogP contribution in [0, 0.1) is 13.8 Å². The Morgan fingerprint density at radius 2 is 2.23 bits per heavy atom. The molecule has 0 aliphatic rings. The fraction of sp³-hybridized carbons (Fsp3) is 0.533. The van der Waals surface area contributed by atoms with Gasteiger partial charge in [-0.25, -0.2) is 0 Å². The molecule has 7 nitrogen and oxygen atoms in total. The maximum absolute atomic E-state index is 11.7. The van der Waals surface area contributed by atoms with Gasteiger partial charge in [0.05, 0.1) is 11.4 Å². The number of carboxylic acid groups (broad SMARTS) is 1. The van der Waals surface area contributed by atoms with Crippen LogP contribution in [0.15, 0.2) is 10.6 Å². The van der Waals surface area contributed by atoms with E-state index in [4.69, 9.17) is 4.52 Å². The number of H-pyrrole nitrogens is 1. The number of aliphatic carboxylic acids is 1. The molecule has 2 rings (SSSR count). The summed E-state index contributed by atoms with van der Waals surface area (Å²) in [6.07, 6.45) is 1.93. The molecular weight excluding hydrogens is 284 g/mol. The Kier molecular flexibility index (Phi) is 4.97. The molecule has 0 radical (unpaired) electrons. The molecule has 22 heavy (non-hydrogen) atoms. The first kappa shape index (κ1) is 16.2. The van der Waals surface area contributed by atoms with Gasteiger partial charge >= 0.3 is 5.97 Å². The predicted molar refractivity (Wildman–Crippen MR) is 80.4 cm³/mol. The van der Waals surface area contributed by atoms with E-state index >= 15 is 0 Å². The van der Waals surface area contributed by atoms with E-state index in [0.29, 0.717) is 23.6 Å². The first-order valence-electron chi connectivity index (χ1n) is 7.33. The van der Waals surface area contributed by atoms with Crippen LogP contribution in [0.25, 0.3) is 0 Å². The Hall–Kier alpha value is -2.15. The topological polar surface area (TPSA) is 95.3 Å². The molecule has 2 aromatic heterocycles. The van der Waals surface area contributed by atoms with E-state index < -0.39 is 12.0 Å². The summed E-state index contributed by atoms with van der Waals surface area (Å²) in [6.45, 7) is 6.04. The lowest BCUT2D eigenvalue weighted by Crippen LogP contribution is -2.31. The molecule has 0 fully saturated rings. The molecule has 0 amide bonds. The first-order valence-corrected chi connectivity index (χ1v) is 7.33. The molecule has 0 aliphatic carbocycles. The average Bonchev–Trinajstić information content (AvgIpc) is 3.00. The fourth-order valence-electron chi connectivity index (χ4n) is 2.65. The highest BCUT2D eigenvalue weighted by molar-refractivity contribution is 5.76. The minimum absolute atomic E-state index is 0.456. The van der Waals surface area contributed by atoms with E-state index in [1.54, 1.807) is 25.8 Å². The summed E-state index contributed by atoms with van der Waals surface area (Å²) in [6, 6.07) is 1.18. The SMILES string of the molecule is CCCc1cc(CN(C)C(C(=O)O)c2c(C)noc2C)[nH]n1. The molecule has 2 aromatic rings. The van der Waals surface area contributed by atoms with E-state index in [0.717, 1.165) is 24.2 Å². The van der Waals surface area contributed by atoms with Crippen molar-refractivity contribution < 1.29 is 14.4 Å². The van der Waals surface area contributed by atoms with Crippen molar-refractivity contribution >= 4 is 5.97 Å². The number of aryl methyl sites for hydroxylation is 3. The van der Waals surface area contributed by atoms with Crippen molar-refractivity contribution in [1.82, 2.24) is 20.3 Å². The minimum atomic E-state index is -0.926. The summed E-state index contributed by atoms with van der Waals surface area (Å²) in [5, 5.41) is 20.6. The van der Waals surface area contributed by atoms with Crippen LogP contribution in [0.3, 0.4) is 0 Å². The Morgan fingerprint density at radius 3 is 2.77 bits per heavy atom. The molecule has 120 valence electrons. The third-order valence-corrected chi connectivity index (χ3v) is 3.65. The molecule has 0 saturated carbocycles. The van der Waals surface area contributed by atoms with Crippen LogP contribution < -0.4 is 0 Å². The van der Waals surface area contributed by atoms with Crippen molar-refractivity contribution in [2.24, 2.45) is 0 Å². The lowest BCUT2D eigenvalue weighted by atomic mass is 10.0. The lowest BCUT2D eigenvalue weighted by molar-refractivity contribution is -0.143. The third kappa shape index (κ3) is 3.36. The van der Waals surface area contributed by atoms with Gasteiger partial charge in [0.15, 0.2) is 0 Å². The molecule has 2 N–H and O–H groups in total. The van der Waals surface area contributed by atoms with Crippen LogP contribution in [-0.4, -0.2) is 38.4 Å². The summed E-state index contributed by atoms with van der Waals surface area (Å²) in [5.41, 5.74) is 3.11. The maximum Gasteiger partial charge on any atom is 0.325 e. The zero-order chi connectivity index (χ0) is 16.3. The molecule has 0 aromatic carbocycles. The van der Waals surface area contributed by atoms with Gasteiger partial charge in [-0.05, 0) is 33.4 Å². The van der Waals surface area contributed by atoms with Gasteiger partial charge in [0.1, 0.15) is 11.8 Å². The second-order valence-corrected chi connectivity index (χ2v) is 5.53. The number of carbonyl (C=O) groups is 1. The Balaban J connectivity index is 2.20. The quantitative estimate of drug-likeness (QED) is 0.814. The van der Waals surface area contributed by atoms with Crippen LogP contribution in [0.5, 0.6) is 0 Å². The first-order chi connectivity index (χ1) is 10.4. The van der Waals surface area contributed by atoms with Gasteiger partial charge in [-0.2, -0.15) is 5.10 Å². The number of hydrogen-bond donors (Lipinski definition) is 2. The molecule has 1 unspecified atom stereocenters. The highest BCUT2D eigenvalue weighted by Crippen LogP contribution is 2.27. The van der Waals surface area contributed by atoms with Crippen LogP contribution >= 0.6 is 0 Å². The number of aromatic nitrogens is 3. The molecule has 0 saturated heterocycles. The van der Waals surface area contributed by atoms with E-state index in [1.807, 2.05) is 6.07 Å². The summed E-state index contributed by atoms with van der Waals surface area (Å²) in [5.74, 6) is -0.391. The third-order valence-electron chi connectivity index (χ3n) is 3.65. The largest absolute Gasteiger partial charge is 0.480 e. The number of carboxylic acids is 1. The van der Waals surface area contributed by atoms with E-state index in [9.17, 15) is 9.90 Å². The van der Waals surface area contributed by atoms with Crippen molar-refractivity contribution in [2.45, 2.75) is 46.2 Å².